The Morgan fingerprint density at radius 2 is 2.19 bits per heavy atom. The second kappa shape index (κ2) is 5.41. The zero-order valence-electron chi connectivity index (χ0n) is 10.1. The maximum absolute atomic E-state index is 4.97. The molecule has 16 heavy (non-hydrogen) atoms. The van der Waals surface area contributed by atoms with Crippen LogP contribution in [0, 0.1) is 6.92 Å². The van der Waals surface area contributed by atoms with Crippen LogP contribution in [0.5, 0.6) is 0 Å². The molecule has 90 valence electrons. The van der Waals surface area contributed by atoms with Crippen molar-refractivity contribution in [3.8, 4) is 0 Å². The Morgan fingerprint density at radius 1 is 1.44 bits per heavy atom. The molecule has 1 fully saturated rings. The maximum atomic E-state index is 4.97. The summed E-state index contributed by atoms with van der Waals surface area (Å²) < 4.78 is 4.97. The molecule has 1 aliphatic rings. The molecule has 0 aromatic carbocycles. The van der Waals surface area contributed by atoms with Gasteiger partial charge in [0.25, 0.3) is 0 Å². The van der Waals surface area contributed by atoms with Crippen LogP contribution < -0.4 is 5.32 Å². The van der Waals surface area contributed by atoms with Gasteiger partial charge < -0.3 is 9.84 Å². The third kappa shape index (κ3) is 3.02. The van der Waals surface area contributed by atoms with E-state index in [-0.39, 0.29) is 0 Å². The van der Waals surface area contributed by atoms with Crippen LogP contribution in [0.4, 0.5) is 0 Å². The van der Waals surface area contributed by atoms with Gasteiger partial charge in [0.15, 0.2) is 5.82 Å². The monoisotopic (exact) mass is 224 g/mol. The molecular weight excluding hydrogens is 204 g/mol. The first-order valence-electron chi connectivity index (χ1n) is 6.03. The molecule has 1 aromatic heterocycles. The molecule has 0 bridgehead atoms. The summed E-state index contributed by atoms with van der Waals surface area (Å²) in [4.78, 5) is 6.61. The van der Waals surface area contributed by atoms with Gasteiger partial charge in [-0.05, 0) is 19.4 Å². The minimum atomic E-state index is 0.650. The van der Waals surface area contributed by atoms with Gasteiger partial charge >= 0.3 is 0 Å². The molecule has 1 saturated heterocycles. The van der Waals surface area contributed by atoms with Crippen LogP contribution in [-0.4, -0.2) is 40.7 Å². The Kier molecular flexibility index (Phi) is 3.90. The molecule has 1 aliphatic heterocycles. The van der Waals surface area contributed by atoms with Gasteiger partial charge in [-0.15, -0.1) is 0 Å². The summed E-state index contributed by atoms with van der Waals surface area (Å²) in [6.45, 7) is 8.10. The van der Waals surface area contributed by atoms with E-state index in [1.54, 1.807) is 0 Å². The summed E-state index contributed by atoms with van der Waals surface area (Å²) in [6, 6.07) is 0.688. The normalized spacial score (nSPS) is 19.1. The summed E-state index contributed by atoms with van der Waals surface area (Å²) in [5, 5.41) is 7.42. The molecule has 0 saturated carbocycles. The third-order valence-corrected chi connectivity index (χ3v) is 3.02. The van der Waals surface area contributed by atoms with E-state index in [1.165, 1.54) is 12.8 Å². The van der Waals surface area contributed by atoms with Gasteiger partial charge in [-0.25, -0.2) is 0 Å². The van der Waals surface area contributed by atoms with Crippen LogP contribution in [0.3, 0.4) is 0 Å². The number of aryl methyl sites for hydroxylation is 1. The standard InChI is InChI=1S/C11H20N4O/c1-3-12-10-4-6-15(7-5-10)8-11-13-9(2)16-14-11/h10,12H,3-8H2,1-2H3. The third-order valence-electron chi connectivity index (χ3n) is 3.02. The lowest BCUT2D eigenvalue weighted by Gasteiger charge is -2.31. The fourth-order valence-electron chi connectivity index (χ4n) is 2.19. The molecule has 1 aromatic rings. The summed E-state index contributed by atoms with van der Waals surface area (Å²) >= 11 is 0. The summed E-state index contributed by atoms with van der Waals surface area (Å²) in [5.74, 6) is 1.46. The van der Waals surface area contributed by atoms with E-state index in [9.17, 15) is 0 Å². The van der Waals surface area contributed by atoms with Crippen LogP contribution in [0.15, 0.2) is 4.52 Å². The van der Waals surface area contributed by atoms with Gasteiger partial charge in [0.05, 0.1) is 6.54 Å². The Morgan fingerprint density at radius 3 is 2.75 bits per heavy atom. The highest BCUT2D eigenvalue weighted by Crippen LogP contribution is 2.12. The Balaban J connectivity index is 1.77. The number of nitrogens with one attached hydrogen (secondary N) is 1. The van der Waals surface area contributed by atoms with Crippen molar-refractivity contribution < 1.29 is 4.52 Å². The fourth-order valence-corrected chi connectivity index (χ4v) is 2.19. The van der Waals surface area contributed by atoms with Crippen LogP contribution in [0.25, 0.3) is 0 Å². The molecule has 0 amide bonds. The molecule has 2 heterocycles. The van der Waals surface area contributed by atoms with Crippen molar-refractivity contribution in [2.75, 3.05) is 19.6 Å². The number of nitrogens with zero attached hydrogens (tertiary/aromatic N) is 3. The van der Waals surface area contributed by atoms with Crippen molar-refractivity contribution in [1.82, 2.24) is 20.4 Å². The molecular formula is C11H20N4O. The predicted octanol–water partition coefficient (Wildman–Crippen LogP) is 0.952. The van der Waals surface area contributed by atoms with Gasteiger partial charge in [-0.2, -0.15) is 4.98 Å². The second-order valence-electron chi connectivity index (χ2n) is 4.34. The van der Waals surface area contributed by atoms with E-state index in [4.69, 9.17) is 4.52 Å². The van der Waals surface area contributed by atoms with E-state index < -0.39 is 0 Å². The van der Waals surface area contributed by atoms with E-state index >= 15 is 0 Å². The molecule has 2 rings (SSSR count). The van der Waals surface area contributed by atoms with E-state index in [0.29, 0.717) is 11.9 Å². The Labute approximate surface area is 96.2 Å². The van der Waals surface area contributed by atoms with Gasteiger partial charge in [-0.1, -0.05) is 12.1 Å². The van der Waals surface area contributed by atoms with Crippen molar-refractivity contribution in [3.63, 3.8) is 0 Å². The van der Waals surface area contributed by atoms with Crippen LogP contribution >= 0.6 is 0 Å². The number of aromatic nitrogens is 2. The first kappa shape index (κ1) is 11.5. The number of hydrogen-bond donors (Lipinski definition) is 1. The molecule has 5 heteroatoms. The minimum absolute atomic E-state index is 0.650. The van der Waals surface area contributed by atoms with E-state index in [2.05, 4.69) is 27.3 Å². The lowest BCUT2D eigenvalue weighted by atomic mass is 10.1. The fraction of sp³-hybridized carbons (Fsp3) is 0.818. The Bertz CT molecular complexity index is 318. The second-order valence-corrected chi connectivity index (χ2v) is 4.34. The molecule has 0 spiro atoms. The first-order valence-corrected chi connectivity index (χ1v) is 6.03. The Hall–Kier alpha value is -0.940. The molecule has 0 atom stereocenters. The quantitative estimate of drug-likeness (QED) is 0.825. The van der Waals surface area contributed by atoms with Crippen molar-refractivity contribution >= 4 is 0 Å². The summed E-state index contributed by atoms with van der Waals surface area (Å²) in [7, 11) is 0. The predicted molar refractivity (Wildman–Crippen MR) is 61.0 cm³/mol. The smallest absolute Gasteiger partial charge is 0.223 e. The number of piperidine rings is 1. The lowest BCUT2D eigenvalue weighted by molar-refractivity contribution is 0.186. The van der Waals surface area contributed by atoms with Crippen LogP contribution in [-0.2, 0) is 6.54 Å². The van der Waals surface area contributed by atoms with Crippen LogP contribution in [0.2, 0.25) is 0 Å². The van der Waals surface area contributed by atoms with Gasteiger partial charge in [0, 0.05) is 26.1 Å². The lowest BCUT2D eigenvalue weighted by Crippen LogP contribution is -2.42. The molecule has 0 radical (unpaired) electrons. The summed E-state index contributed by atoms with van der Waals surface area (Å²) in [5.41, 5.74) is 0. The van der Waals surface area contributed by atoms with E-state index in [1.807, 2.05) is 6.92 Å². The number of rotatable bonds is 4. The largest absolute Gasteiger partial charge is 0.340 e. The minimum Gasteiger partial charge on any atom is -0.340 e. The molecule has 5 nitrogen and oxygen atoms in total. The average Bonchev–Trinajstić information content (AvgIpc) is 2.67. The highest BCUT2D eigenvalue weighted by atomic mass is 16.5. The molecule has 0 aliphatic carbocycles. The van der Waals surface area contributed by atoms with Crippen LogP contribution in [0.1, 0.15) is 31.5 Å². The molecule has 0 unspecified atom stereocenters. The van der Waals surface area contributed by atoms with Gasteiger partial charge in [0.1, 0.15) is 0 Å². The van der Waals surface area contributed by atoms with E-state index in [0.717, 1.165) is 32.0 Å². The maximum Gasteiger partial charge on any atom is 0.223 e. The van der Waals surface area contributed by atoms with Crippen molar-refractivity contribution in [3.05, 3.63) is 11.7 Å². The number of hydrogen-bond acceptors (Lipinski definition) is 5. The summed E-state index contributed by atoms with van der Waals surface area (Å²) in [6.07, 6.45) is 2.43. The highest BCUT2D eigenvalue weighted by molar-refractivity contribution is 4.86. The topological polar surface area (TPSA) is 54.2 Å². The number of likely N-dealkylation sites (tertiary alicyclic amines) is 1. The van der Waals surface area contributed by atoms with Crippen molar-refractivity contribution in [1.29, 1.82) is 0 Å². The van der Waals surface area contributed by atoms with Crippen molar-refractivity contribution in [2.24, 2.45) is 0 Å². The zero-order valence-corrected chi connectivity index (χ0v) is 10.1. The van der Waals surface area contributed by atoms with Gasteiger partial charge in [0.2, 0.25) is 5.89 Å². The highest BCUT2D eigenvalue weighted by Gasteiger charge is 2.19. The average molecular weight is 224 g/mol. The van der Waals surface area contributed by atoms with Crippen molar-refractivity contribution in [2.45, 2.75) is 39.3 Å². The zero-order chi connectivity index (χ0) is 11.4. The first-order chi connectivity index (χ1) is 7.78. The molecule has 1 N–H and O–H groups in total. The SMILES string of the molecule is CCNC1CCN(Cc2noc(C)n2)CC1. The van der Waals surface area contributed by atoms with Gasteiger partial charge in [-0.3, -0.25) is 4.90 Å².